The van der Waals surface area contributed by atoms with Crippen LogP contribution in [0.2, 0.25) is 0 Å². The second kappa shape index (κ2) is 3.65. The molecule has 0 aromatic rings. The Bertz CT molecular complexity index is 107. The van der Waals surface area contributed by atoms with Crippen molar-refractivity contribution >= 4 is 32.1 Å². The van der Waals surface area contributed by atoms with Gasteiger partial charge in [0.2, 0.25) is 0 Å². The molecule has 0 aromatic carbocycles. The minimum absolute atomic E-state index is 0.273. The van der Waals surface area contributed by atoms with Gasteiger partial charge in [0, 0.05) is 0 Å². The van der Waals surface area contributed by atoms with Crippen LogP contribution in [0.4, 0.5) is 0 Å². The molecular weight excluding hydrogens is 306 g/mol. The standard InChI is InChI=1S/C6H10NO.Tl/c1-7-4-2-3-6(7)5-8;/h5-6H,1-4H2;/t6-;/m0./s1. The molecule has 0 bridgehead atoms. The van der Waals surface area contributed by atoms with E-state index >= 15 is 0 Å². The van der Waals surface area contributed by atoms with Crippen LogP contribution in [0.1, 0.15) is 12.8 Å². The maximum absolute atomic E-state index is 10.4. The molecule has 0 spiro atoms. The monoisotopic (exact) mass is 317 g/mol. The predicted octanol–water partition coefficient (Wildman–Crippen LogP) is -0.224. The number of hydrogen-bond acceptors (Lipinski definition) is 2. The Morgan fingerprint density at radius 3 is 3.00 bits per heavy atom. The number of aldehydes is 1. The van der Waals surface area contributed by atoms with Gasteiger partial charge >= 0.3 is 71.3 Å². The number of carbonyl (C=O) groups excluding carboxylic acids is 1. The predicted molar refractivity (Wildman–Crippen MR) is 36.4 cm³/mol. The number of nitrogens with zero attached hydrogens (tertiary/aromatic N) is 1. The molecule has 0 aromatic heterocycles. The van der Waals surface area contributed by atoms with Crippen LogP contribution in [-0.2, 0) is 4.79 Å². The summed E-state index contributed by atoms with van der Waals surface area (Å²) >= 11 is 1.01. The third-order valence-electron chi connectivity index (χ3n) is 1.81. The first-order valence-electron chi connectivity index (χ1n) is 3.28. The summed E-state index contributed by atoms with van der Waals surface area (Å²) in [5.41, 5.74) is 0. The van der Waals surface area contributed by atoms with Crippen LogP contribution in [-0.4, -0.2) is 53.6 Å². The van der Waals surface area contributed by atoms with E-state index in [1.54, 1.807) is 0 Å². The minimum atomic E-state index is 0.273. The summed E-state index contributed by atoms with van der Waals surface area (Å²) in [6, 6.07) is 0.273. The van der Waals surface area contributed by atoms with E-state index in [2.05, 4.69) is 4.90 Å². The molecule has 1 aliphatic heterocycles. The second-order valence-electron chi connectivity index (χ2n) is 2.34. The van der Waals surface area contributed by atoms with Gasteiger partial charge in [-0.1, -0.05) is 0 Å². The van der Waals surface area contributed by atoms with Crippen molar-refractivity contribution in [1.29, 1.82) is 0 Å². The first-order chi connectivity index (χ1) is 4.38. The van der Waals surface area contributed by atoms with E-state index in [1.807, 2.05) is 0 Å². The van der Waals surface area contributed by atoms with Gasteiger partial charge in [0.15, 0.2) is 0 Å². The zero-order valence-corrected chi connectivity index (χ0v) is 9.90. The van der Waals surface area contributed by atoms with Crippen molar-refractivity contribution in [2.75, 3.05) is 10.6 Å². The van der Waals surface area contributed by atoms with Crippen LogP contribution in [0.15, 0.2) is 0 Å². The van der Waals surface area contributed by atoms with Gasteiger partial charge in [-0.05, 0) is 0 Å². The molecule has 2 nitrogen and oxygen atoms in total. The molecule has 0 radical (unpaired) electrons. The summed E-state index contributed by atoms with van der Waals surface area (Å²) in [7, 11) is 0. The van der Waals surface area contributed by atoms with Crippen LogP contribution in [0.5, 0.6) is 0 Å². The molecule has 1 aliphatic rings. The SMILES string of the molecule is O=C[C@@H]1CCCN1[CH2][Tl]. The molecule has 0 amide bonds. The molecule has 48 valence electrons. The van der Waals surface area contributed by atoms with Crippen LogP contribution in [0.3, 0.4) is 0 Å². The Kier molecular flexibility index (Phi) is 3.11. The third kappa shape index (κ3) is 1.73. The van der Waals surface area contributed by atoms with E-state index < -0.39 is 0 Å². The van der Waals surface area contributed by atoms with Crippen molar-refractivity contribution in [2.24, 2.45) is 0 Å². The molecule has 0 N–H and O–H groups in total. The van der Waals surface area contributed by atoms with Gasteiger partial charge in [0.1, 0.15) is 0 Å². The zero-order chi connectivity index (χ0) is 6.69. The Hall–Kier alpha value is 0.552. The fourth-order valence-electron chi connectivity index (χ4n) is 1.23. The van der Waals surface area contributed by atoms with Gasteiger partial charge in [-0.3, -0.25) is 0 Å². The fraction of sp³-hybridized carbons (Fsp3) is 0.833. The Balaban J connectivity index is 2.41. The molecule has 1 atom stereocenters. The number of carbonyl (C=O) groups is 1. The van der Waals surface area contributed by atoms with E-state index in [-0.39, 0.29) is 6.04 Å². The van der Waals surface area contributed by atoms with Gasteiger partial charge in [0.05, 0.1) is 0 Å². The summed E-state index contributed by atoms with van der Waals surface area (Å²) in [6.45, 7) is 1.15. The van der Waals surface area contributed by atoms with Crippen LogP contribution >= 0.6 is 0 Å². The van der Waals surface area contributed by atoms with E-state index in [0.717, 1.165) is 45.0 Å². The van der Waals surface area contributed by atoms with E-state index in [9.17, 15) is 4.79 Å². The topological polar surface area (TPSA) is 20.3 Å². The molecular formula is C6H10NOTl. The fourth-order valence-corrected chi connectivity index (χ4v) is 3.00. The van der Waals surface area contributed by atoms with Crippen LogP contribution in [0.25, 0.3) is 0 Å². The quantitative estimate of drug-likeness (QED) is 0.518. The van der Waals surface area contributed by atoms with Gasteiger partial charge in [-0.2, -0.15) is 0 Å². The molecule has 1 saturated heterocycles. The van der Waals surface area contributed by atoms with Crippen molar-refractivity contribution in [1.82, 2.24) is 4.90 Å². The average molecular weight is 317 g/mol. The van der Waals surface area contributed by atoms with E-state index in [0.29, 0.717) is 0 Å². The van der Waals surface area contributed by atoms with Crippen molar-refractivity contribution in [2.45, 2.75) is 18.9 Å². The Labute approximate surface area is 71.3 Å². The average Bonchev–Trinajstić information content (AvgIpc) is 2.33. The van der Waals surface area contributed by atoms with Crippen molar-refractivity contribution in [3.05, 3.63) is 0 Å². The van der Waals surface area contributed by atoms with Crippen LogP contribution in [0, 0.1) is 0 Å². The normalized spacial score (nSPS) is 28.6. The first-order valence-corrected chi connectivity index (χ1v) is 6.45. The summed E-state index contributed by atoms with van der Waals surface area (Å²) in [5.74, 6) is 0. The molecule has 1 fully saturated rings. The van der Waals surface area contributed by atoms with E-state index in [1.165, 1.54) is 10.5 Å². The molecule has 0 unspecified atom stereocenters. The summed E-state index contributed by atoms with van der Waals surface area (Å²) in [4.78, 5) is 12.6. The maximum atomic E-state index is 10.4. The van der Waals surface area contributed by atoms with Gasteiger partial charge in [-0.15, -0.1) is 0 Å². The molecule has 9 heavy (non-hydrogen) atoms. The first kappa shape index (κ1) is 7.66. The summed E-state index contributed by atoms with van der Waals surface area (Å²) in [5, 5.41) is 0. The Morgan fingerprint density at radius 1 is 1.78 bits per heavy atom. The van der Waals surface area contributed by atoms with Crippen molar-refractivity contribution in [3.8, 4) is 0 Å². The van der Waals surface area contributed by atoms with E-state index in [4.69, 9.17) is 0 Å². The third-order valence-corrected chi connectivity index (χ3v) is 3.63. The molecule has 1 rings (SSSR count). The molecule has 0 saturated carbocycles. The molecule has 1 heterocycles. The van der Waals surface area contributed by atoms with Gasteiger partial charge in [0.25, 0.3) is 0 Å². The number of hydrogen-bond donors (Lipinski definition) is 0. The van der Waals surface area contributed by atoms with Crippen molar-refractivity contribution < 1.29 is 4.79 Å². The van der Waals surface area contributed by atoms with Crippen LogP contribution < -0.4 is 0 Å². The number of likely N-dealkylation sites (tertiary alicyclic amines) is 1. The van der Waals surface area contributed by atoms with Crippen molar-refractivity contribution in [3.63, 3.8) is 0 Å². The molecule has 3 heteroatoms. The Morgan fingerprint density at radius 2 is 2.56 bits per heavy atom. The molecule has 0 aliphatic carbocycles. The summed E-state index contributed by atoms with van der Waals surface area (Å²) in [6.07, 6.45) is 3.40. The van der Waals surface area contributed by atoms with Gasteiger partial charge in [-0.25, -0.2) is 0 Å². The zero-order valence-electron chi connectivity index (χ0n) is 5.42. The van der Waals surface area contributed by atoms with Gasteiger partial charge < -0.3 is 0 Å². The summed E-state index contributed by atoms with van der Waals surface area (Å²) < 4.78 is 1.18. The number of rotatable bonds is 2. The second-order valence-corrected chi connectivity index (χ2v) is 3.76.